The van der Waals surface area contributed by atoms with E-state index in [1.807, 2.05) is 64.8 Å². The van der Waals surface area contributed by atoms with Gasteiger partial charge in [-0.05, 0) is 36.1 Å². The zero-order valence-electron chi connectivity index (χ0n) is 23.3. The van der Waals surface area contributed by atoms with Gasteiger partial charge in [0.1, 0.15) is 23.6 Å². The molecule has 3 N–H and O–H groups in total. The molecule has 3 aromatic heterocycles. The average Bonchev–Trinajstić information content (AvgIpc) is 3.52. The third-order valence-corrected chi connectivity index (χ3v) is 7.65. The maximum Gasteiger partial charge on any atom is 0.230 e. The van der Waals surface area contributed by atoms with Gasteiger partial charge in [0.15, 0.2) is 5.65 Å². The Morgan fingerprint density at radius 1 is 1.10 bits per heavy atom. The van der Waals surface area contributed by atoms with Crippen LogP contribution in [0.2, 0.25) is 0 Å². The number of para-hydroxylation sites is 1. The van der Waals surface area contributed by atoms with E-state index in [0.29, 0.717) is 40.5 Å². The molecule has 41 heavy (non-hydrogen) atoms. The third kappa shape index (κ3) is 5.46. The van der Waals surface area contributed by atoms with Crippen LogP contribution in [0.15, 0.2) is 54.9 Å². The van der Waals surface area contributed by atoms with E-state index in [0.717, 1.165) is 61.4 Å². The number of carbonyl (C=O) groups is 1. The highest BCUT2D eigenvalue weighted by Gasteiger charge is 2.20. The predicted octanol–water partition coefficient (Wildman–Crippen LogP) is 3.48. The zero-order chi connectivity index (χ0) is 28.3. The average molecular weight is 555 g/mol. The number of methoxy groups -OCH3 is 1. The van der Waals surface area contributed by atoms with E-state index < -0.39 is 0 Å². The summed E-state index contributed by atoms with van der Waals surface area (Å²) in [6, 6.07) is 15.7. The van der Waals surface area contributed by atoms with Crippen LogP contribution >= 0.6 is 0 Å². The van der Waals surface area contributed by atoms with Crippen molar-refractivity contribution in [3.63, 3.8) is 0 Å². The quantitative estimate of drug-likeness (QED) is 0.284. The molecule has 0 atom stereocenters. The molecule has 1 saturated heterocycles. The van der Waals surface area contributed by atoms with Crippen LogP contribution in [0.3, 0.4) is 0 Å². The molecule has 1 amide bonds. The van der Waals surface area contributed by atoms with E-state index in [9.17, 15) is 4.79 Å². The highest BCUT2D eigenvalue weighted by Crippen LogP contribution is 2.35. The Bertz CT molecular complexity index is 1700. The van der Waals surface area contributed by atoms with Crippen molar-refractivity contribution in [2.45, 2.75) is 19.4 Å². The number of rotatable bonds is 9. The minimum atomic E-state index is -0.130. The Labute approximate surface area is 237 Å². The van der Waals surface area contributed by atoms with Crippen molar-refractivity contribution >= 4 is 39.3 Å². The lowest BCUT2D eigenvalue weighted by Gasteiger charge is -2.26. The monoisotopic (exact) mass is 554 g/mol. The van der Waals surface area contributed by atoms with Gasteiger partial charge in [-0.2, -0.15) is 5.10 Å². The maximum absolute atomic E-state index is 13.0. The van der Waals surface area contributed by atoms with E-state index in [2.05, 4.69) is 20.2 Å². The fourth-order valence-corrected chi connectivity index (χ4v) is 5.47. The third-order valence-electron chi connectivity index (χ3n) is 7.65. The molecule has 11 nitrogen and oxygen atoms in total. The normalized spacial score (nSPS) is 14.1. The van der Waals surface area contributed by atoms with Crippen LogP contribution in [0.25, 0.3) is 33.2 Å². The summed E-state index contributed by atoms with van der Waals surface area (Å²) in [6.45, 7) is 5.11. The van der Waals surface area contributed by atoms with Crippen molar-refractivity contribution in [1.29, 1.82) is 0 Å². The van der Waals surface area contributed by atoms with Crippen LogP contribution in [-0.4, -0.2) is 75.1 Å². The molecule has 0 aliphatic carbocycles. The molecule has 1 aliphatic rings. The number of nitrogen functional groups attached to an aromatic ring is 1. The molecule has 11 heteroatoms. The van der Waals surface area contributed by atoms with Crippen LogP contribution < -0.4 is 15.8 Å². The number of aryl methyl sites for hydroxylation is 2. The molecule has 4 heterocycles. The fourth-order valence-electron chi connectivity index (χ4n) is 5.47. The van der Waals surface area contributed by atoms with Crippen molar-refractivity contribution < 1.29 is 14.3 Å². The lowest BCUT2D eigenvalue weighted by Crippen LogP contribution is -2.37. The fraction of sp³-hybridized carbons (Fsp3) is 0.333. The van der Waals surface area contributed by atoms with Gasteiger partial charge >= 0.3 is 0 Å². The largest absolute Gasteiger partial charge is 0.495 e. The van der Waals surface area contributed by atoms with Crippen molar-refractivity contribution in [1.82, 2.24) is 29.2 Å². The molecule has 5 aromatic rings. The number of morpholine rings is 1. The van der Waals surface area contributed by atoms with E-state index >= 15 is 0 Å². The Morgan fingerprint density at radius 3 is 2.73 bits per heavy atom. The molecule has 6 rings (SSSR count). The summed E-state index contributed by atoms with van der Waals surface area (Å²) in [7, 11) is 3.56. The lowest BCUT2D eigenvalue weighted by molar-refractivity contribution is -0.115. The number of nitrogens with two attached hydrogens (primary N) is 1. The molecule has 1 aliphatic heterocycles. The van der Waals surface area contributed by atoms with E-state index in [1.54, 1.807) is 7.11 Å². The van der Waals surface area contributed by atoms with Gasteiger partial charge in [0.2, 0.25) is 5.91 Å². The van der Waals surface area contributed by atoms with Crippen LogP contribution in [0.4, 0.5) is 11.5 Å². The second kappa shape index (κ2) is 11.6. The first-order chi connectivity index (χ1) is 20.0. The second-order valence-corrected chi connectivity index (χ2v) is 10.2. The van der Waals surface area contributed by atoms with Crippen LogP contribution in [0, 0.1) is 0 Å². The number of fused-ring (bicyclic) bond motifs is 2. The van der Waals surface area contributed by atoms with Crippen LogP contribution in [-0.2, 0) is 29.5 Å². The minimum Gasteiger partial charge on any atom is -0.495 e. The summed E-state index contributed by atoms with van der Waals surface area (Å²) >= 11 is 0. The van der Waals surface area contributed by atoms with E-state index in [-0.39, 0.29) is 12.3 Å². The Kier molecular flexibility index (Phi) is 7.53. The summed E-state index contributed by atoms with van der Waals surface area (Å²) in [5, 5.41) is 9.72. The molecule has 0 unspecified atom stereocenters. The van der Waals surface area contributed by atoms with Crippen molar-refractivity contribution in [3.05, 3.63) is 60.6 Å². The van der Waals surface area contributed by atoms with Gasteiger partial charge in [0.05, 0.1) is 37.8 Å². The van der Waals surface area contributed by atoms with Crippen molar-refractivity contribution in [3.8, 4) is 17.0 Å². The van der Waals surface area contributed by atoms with Crippen molar-refractivity contribution in [2.24, 2.45) is 7.05 Å². The molecule has 0 radical (unpaired) electrons. The van der Waals surface area contributed by atoms with Gasteiger partial charge in [-0.3, -0.25) is 9.69 Å². The van der Waals surface area contributed by atoms with Gasteiger partial charge in [0.25, 0.3) is 0 Å². The summed E-state index contributed by atoms with van der Waals surface area (Å²) in [5.74, 6) is 0.767. The number of hydrogen-bond acceptors (Lipinski definition) is 8. The summed E-state index contributed by atoms with van der Waals surface area (Å²) < 4.78 is 15.1. The van der Waals surface area contributed by atoms with Gasteiger partial charge in [-0.15, -0.1) is 0 Å². The Hall–Kier alpha value is -4.48. The topological polar surface area (TPSA) is 125 Å². The standard InChI is InChI=1S/C30H34N8O3/c1-36-22(16-20-6-3-4-7-24(20)36)18-26(39)34-23-9-8-21(17-25(23)40-2)28-27-29(31)32-19-33-30(27)38(35-28)11-5-10-37-12-14-41-15-13-37/h3-4,6-9,16-17,19H,5,10-15,18H2,1-2H3,(H,34,39)(H2,31,32,33). The van der Waals surface area contributed by atoms with Gasteiger partial charge < -0.3 is 25.1 Å². The van der Waals surface area contributed by atoms with E-state index in [1.165, 1.54) is 6.33 Å². The Morgan fingerprint density at radius 2 is 1.93 bits per heavy atom. The molecule has 212 valence electrons. The van der Waals surface area contributed by atoms with Gasteiger partial charge in [-0.1, -0.05) is 24.3 Å². The number of benzene rings is 2. The van der Waals surface area contributed by atoms with Gasteiger partial charge in [-0.25, -0.2) is 14.6 Å². The van der Waals surface area contributed by atoms with E-state index in [4.69, 9.17) is 20.3 Å². The summed E-state index contributed by atoms with van der Waals surface area (Å²) in [6.07, 6.45) is 2.63. The smallest absolute Gasteiger partial charge is 0.230 e. The SMILES string of the molecule is COc1cc(-c2nn(CCCN3CCOCC3)c3ncnc(N)c23)ccc1NC(=O)Cc1cc2ccccc2n1C. The molecular formula is C30H34N8O3. The molecule has 0 saturated carbocycles. The van der Waals surface area contributed by atoms with Crippen LogP contribution in [0.1, 0.15) is 12.1 Å². The number of amides is 1. The molecule has 1 fully saturated rings. The molecule has 2 aromatic carbocycles. The zero-order valence-corrected chi connectivity index (χ0v) is 23.3. The number of nitrogens with zero attached hydrogens (tertiary/aromatic N) is 6. The number of hydrogen-bond donors (Lipinski definition) is 2. The predicted molar refractivity (Wildman–Crippen MR) is 159 cm³/mol. The lowest BCUT2D eigenvalue weighted by atomic mass is 10.1. The molecule has 0 bridgehead atoms. The van der Waals surface area contributed by atoms with Crippen molar-refractivity contribution in [2.75, 3.05) is 51.0 Å². The number of nitrogens with one attached hydrogen (secondary N) is 1. The summed E-state index contributed by atoms with van der Waals surface area (Å²) in [4.78, 5) is 24.2. The first kappa shape index (κ1) is 26.7. The summed E-state index contributed by atoms with van der Waals surface area (Å²) in [5.41, 5.74) is 11.1. The molecular weight excluding hydrogens is 520 g/mol. The Balaban J connectivity index is 1.22. The maximum atomic E-state index is 13.0. The second-order valence-electron chi connectivity index (χ2n) is 10.2. The number of aromatic nitrogens is 5. The number of carbonyl (C=O) groups excluding carboxylic acids is 1. The molecule has 0 spiro atoms. The first-order valence-electron chi connectivity index (χ1n) is 13.8. The number of ether oxygens (including phenoxy) is 2. The first-order valence-corrected chi connectivity index (χ1v) is 13.8. The minimum absolute atomic E-state index is 0.130. The number of anilines is 2. The van der Waals surface area contributed by atoms with Gasteiger partial charge in [0, 0.05) is 50.0 Å². The van der Waals surface area contributed by atoms with Crippen LogP contribution in [0.5, 0.6) is 5.75 Å². The highest BCUT2D eigenvalue weighted by molar-refractivity contribution is 5.99. The highest BCUT2D eigenvalue weighted by atomic mass is 16.5.